The van der Waals surface area contributed by atoms with E-state index in [2.05, 4.69) is 103 Å². The van der Waals surface area contributed by atoms with E-state index in [0.29, 0.717) is 59.2 Å². The monoisotopic (exact) mass is 1150 g/mol. The lowest BCUT2D eigenvalue weighted by Crippen LogP contribution is -2.50. The summed E-state index contributed by atoms with van der Waals surface area (Å²) in [5.41, 5.74) is 3.82. The van der Waals surface area contributed by atoms with E-state index in [1.807, 2.05) is 84.9 Å². The average molecular weight is 1150 g/mol. The third-order valence-electron chi connectivity index (χ3n) is 17.5. The maximum atomic E-state index is 13.9. The highest BCUT2D eigenvalue weighted by molar-refractivity contribution is 6.31. The number of fused-ring (bicyclic) bond motifs is 2. The first kappa shape index (κ1) is 60.7. The highest BCUT2D eigenvalue weighted by atomic mass is 35.5. The lowest BCUT2D eigenvalue weighted by molar-refractivity contribution is -0.134. The summed E-state index contributed by atoms with van der Waals surface area (Å²) in [6.45, 7) is 14.5. The molecule has 4 amide bonds. The van der Waals surface area contributed by atoms with Crippen LogP contribution in [-0.4, -0.2) is 146 Å². The molecule has 12 nitrogen and oxygen atoms in total. The number of likely N-dealkylation sites (tertiary alicyclic amines) is 2. The molecule has 6 atom stereocenters. The fraction of sp³-hybridized carbons (Fsp3) is 0.471. The number of amides is 4. The Bertz CT molecular complexity index is 2820. The van der Waals surface area contributed by atoms with Gasteiger partial charge in [-0.25, -0.2) is 0 Å². The zero-order chi connectivity index (χ0) is 57.2. The molecule has 0 saturated carbocycles. The van der Waals surface area contributed by atoms with Crippen molar-refractivity contribution in [2.75, 3.05) is 78.5 Å². The van der Waals surface area contributed by atoms with Gasteiger partial charge < -0.3 is 40.9 Å². The number of carbonyl (C=O) groups is 4. The standard InChI is InChI=1S/2C34H43ClN4O2/c2*1-2-25(26-9-5-3-6-10-26)24-39-20-15-31(37-32(34(39)41)16-19-38-17-7-4-8-18-38)23-36-33(40)29-12-11-28-22-30(35)14-13-27(28)21-29/h2*3,5-6,9-14,21-22,25,31-32,37H,2,4,7-8,15-20,23-24H2,1H3,(H,36,40)/t25-,31+,32+;25-,31-,32-/m01/s1. The quantitative estimate of drug-likeness (QED) is 0.0595. The summed E-state index contributed by atoms with van der Waals surface area (Å²) < 4.78 is 0. The van der Waals surface area contributed by atoms with Crippen LogP contribution in [0.15, 0.2) is 133 Å². The third kappa shape index (κ3) is 17.1. The Labute approximate surface area is 497 Å². The van der Waals surface area contributed by atoms with Crippen LogP contribution >= 0.6 is 23.2 Å². The van der Waals surface area contributed by atoms with E-state index in [9.17, 15) is 19.2 Å². The van der Waals surface area contributed by atoms with Crippen LogP contribution in [0.25, 0.3) is 21.5 Å². The van der Waals surface area contributed by atoms with Crippen LogP contribution in [0.1, 0.15) is 135 Å². The number of nitrogens with one attached hydrogen (secondary N) is 4. The van der Waals surface area contributed by atoms with Gasteiger partial charge in [0.25, 0.3) is 11.8 Å². The van der Waals surface area contributed by atoms with Crippen molar-refractivity contribution < 1.29 is 19.2 Å². The normalized spacial score (nSPS) is 21.0. The second-order valence-corrected chi connectivity index (χ2v) is 24.1. The van der Waals surface area contributed by atoms with Gasteiger partial charge in [-0.15, -0.1) is 0 Å². The summed E-state index contributed by atoms with van der Waals surface area (Å²) >= 11 is 12.2. The van der Waals surface area contributed by atoms with Crippen molar-refractivity contribution >= 4 is 68.4 Å². The molecule has 0 bridgehead atoms. The predicted molar refractivity (Wildman–Crippen MR) is 335 cm³/mol. The molecule has 0 aromatic heterocycles. The van der Waals surface area contributed by atoms with Gasteiger partial charge in [0.2, 0.25) is 11.8 Å². The highest BCUT2D eigenvalue weighted by Crippen LogP contribution is 2.27. The van der Waals surface area contributed by atoms with Gasteiger partial charge in [0.1, 0.15) is 0 Å². The van der Waals surface area contributed by atoms with Gasteiger partial charge in [0.05, 0.1) is 12.1 Å². The Balaban J connectivity index is 0.000000198. The number of nitrogens with zero attached hydrogens (tertiary/aromatic N) is 4. The molecule has 82 heavy (non-hydrogen) atoms. The SMILES string of the molecule is CC[C@@H](CN1CC[C@H](CNC(=O)c2ccc3cc(Cl)ccc3c2)N[C@H](CCN2CCCCC2)C1=O)c1ccccc1.CC[C@H](CN1CC[C@H](CNC(=O)c2ccc3cc(Cl)ccc3c2)N[C@H](CCN2CCCCC2)C1=O)c1ccccc1. The summed E-state index contributed by atoms with van der Waals surface area (Å²) in [6.07, 6.45) is 12.7. The van der Waals surface area contributed by atoms with E-state index in [1.165, 1.54) is 49.7 Å². The van der Waals surface area contributed by atoms with Crippen molar-refractivity contribution in [2.45, 2.75) is 127 Å². The zero-order valence-corrected chi connectivity index (χ0v) is 49.8. The number of carbonyl (C=O) groups excluding carboxylic acids is 4. The molecule has 4 aliphatic rings. The number of hydrogen-bond acceptors (Lipinski definition) is 8. The van der Waals surface area contributed by atoms with Crippen LogP contribution in [0.5, 0.6) is 0 Å². The van der Waals surface area contributed by atoms with Crippen molar-refractivity contribution in [3.8, 4) is 0 Å². The first-order valence-electron chi connectivity index (χ1n) is 30.6. The molecule has 4 aliphatic heterocycles. The van der Waals surface area contributed by atoms with Crippen LogP contribution < -0.4 is 21.3 Å². The minimum Gasteiger partial charge on any atom is -0.350 e. The van der Waals surface area contributed by atoms with E-state index in [4.69, 9.17) is 23.2 Å². The van der Waals surface area contributed by atoms with Crippen LogP contribution in [0.4, 0.5) is 0 Å². The van der Waals surface area contributed by atoms with Crippen molar-refractivity contribution in [2.24, 2.45) is 0 Å². The first-order chi connectivity index (χ1) is 40.0. The molecule has 10 rings (SSSR count). The summed E-state index contributed by atoms with van der Waals surface area (Å²) in [5.74, 6) is 0.799. The fourth-order valence-electron chi connectivity index (χ4n) is 12.5. The zero-order valence-electron chi connectivity index (χ0n) is 48.3. The van der Waals surface area contributed by atoms with E-state index in [0.717, 1.165) is 112 Å². The van der Waals surface area contributed by atoms with E-state index >= 15 is 0 Å². The van der Waals surface area contributed by atoms with Crippen molar-refractivity contribution in [1.82, 2.24) is 40.9 Å². The minimum atomic E-state index is -0.250. The first-order valence-corrected chi connectivity index (χ1v) is 31.3. The van der Waals surface area contributed by atoms with Crippen LogP contribution in [0, 0.1) is 0 Å². The Hall–Kier alpha value is -5.86. The van der Waals surface area contributed by atoms with Gasteiger partial charge in [-0.3, -0.25) is 19.2 Å². The highest BCUT2D eigenvalue weighted by Gasteiger charge is 2.34. The number of rotatable bonds is 20. The van der Waals surface area contributed by atoms with Crippen LogP contribution in [0.2, 0.25) is 10.0 Å². The lowest BCUT2D eigenvalue weighted by Gasteiger charge is -2.31. The summed E-state index contributed by atoms with van der Waals surface area (Å²) in [5, 5.41) is 19.0. The Morgan fingerprint density at radius 1 is 0.500 bits per heavy atom. The number of halogens is 2. The molecule has 0 unspecified atom stereocenters. The van der Waals surface area contributed by atoms with Gasteiger partial charge in [-0.1, -0.05) is 135 Å². The van der Waals surface area contributed by atoms with E-state index in [1.54, 1.807) is 0 Å². The van der Waals surface area contributed by atoms with Crippen LogP contribution in [-0.2, 0) is 9.59 Å². The average Bonchev–Trinajstić information content (AvgIpc) is 3.80. The number of hydrogen-bond donors (Lipinski definition) is 4. The molecule has 4 N–H and O–H groups in total. The summed E-state index contributed by atoms with van der Waals surface area (Å²) in [4.78, 5) is 63.2. The fourth-order valence-corrected chi connectivity index (χ4v) is 12.9. The van der Waals surface area contributed by atoms with Crippen molar-refractivity contribution in [3.63, 3.8) is 0 Å². The second kappa shape index (κ2) is 30.6. The molecular formula is C68H86Cl2N8O4. The molecule has 14 heteroatoms. The predicted octanol–water partition coefficient (Wildman–Crippen LogP) is 11.7. The van der Waals surface area contributed by atoms with Gasteiger partial charge in [0.15, 0.2) is 0 Å². The third-order valence-corrected chi connectivity index (χ3v) is 18.0. The molecular weight excluding hydrogens is 1060 g/mol. The molecule has 6 aromatic carbocycles. The van der Waals surface area contributed by atoms with Crippen molar-refractivity contribution in [3.05, 3.63) is 166 Å². The summed E-state index contributed by atoms with van der Waals surface area (Å²) in [7, 11) is 0. The Kier molecular flexibility index (Phi) is 22.7. The van der Waals surface area contributed by atoms with Gasteiger partial charge in [0, 0.05) is 97.4 Å². The largest absolute Gasteiger partial charge is 0.350 e. The molecule has 4 saturated heterocycles. The molecule has 4 fully saturated rings. The molecule has 6 aromatic rings. The molecule has 0 radical (unpaired) electrons. The molecule has 0 aliphatic carbocycles. The topological polar surface area (TPSA) is 129 Å². The molecule has 4 heterocycles. The Morgan fingerprint density at radius 2 is 0.878 bits per heavy atom. The summed E-state index contributed by atoms with van der Waals surface area (Å²) in [6, 6.07) is 43.4. The van der Waals surface area contributed by atoms with Crippen molar-refractivity contribution in [1.29, 1.82) is 0 Å². The maximum Gasteiger partial charge on any atom is 0.251 e. The molecule has 436 valence electrons. The minimum absolute atomic E-state index is 0.0234. The van der Waals surface area contributed by atoms with E-state index < -0.39 is 0 Å². The maximum absolute atomic E-state index is 13.9. The van der Waals surface area contributed by atoms with E-state index in [-0.39, 0.29) is 47.8 Å². The second-order valence-electron chi connectivity index (χ2n) is 23.2. The van der Waals surface area contributed by atoms with Crippen LogP contribution in [0.3, 0.4) is 0 Å². The number of benzene rings is 6. The smallest absolute Gasteiger partial charge is 0.251 e. The van der Waals surface area contributed by atoms with Gasteiger partial charge >= 0.3 is 0 Å². The molecule has 0 spiro atoms. The Morgan fingerprint density at radius 3 is 1.27 bits per heavy atom. The number of piperidine rings is 2. The van der Waals surface area contributed by atoms with Gasteiger partial charge in [-0.05, 0) is 172 Å². The van der Waals surface area contributed by atoms with Gasteiger partial charge in [-0.2, -0.15) is 0 Å². The lowest BCUT2D eigenvalue weighted by atomic mass is 9.95.